The summed E-state index contributed by atoms with van der Waals surface area (Å²) in [6.07, 6.45) is 0.633. The zero-order valence-electron chi connectivity index (χ0n) is 7.56. The normalized spacial score (nSPS) is 10.9. The van der Waals surface area contributed by atoms with E-state index in [-0.39, 0.29) is 0 Å². The Kier molecular flexibility index (Phi) is 2.67. The van der Waals surface area contributed by atoms with E-state index < -0.39 is 0 Å². The Hall–Kier alpha value is -1.10. The summed E-state index contributed by atoms with van der Waals surface area (Å²) in [4.78, 5) is 4.49. The minimum Gasteiger partial charge on any atom is -0.507 e. The van der Waals surface area contributed by atoms with Gasteiger partial charge in [0.05, 0.1) is 6.61 Å². The van der Waals surface area contributed by atoms with Crippen molar-refractivity contribution in [3.8, 4) is 5.75 Å². The van der Waals surface area contributed by atoms with Crippen LogP contribution in [0.15, 0.2) is 23.6 Å². The minimum absolute atomic E-state index is 0.348. The van der Waals surface area contributed by atoms with E-state index in [9.17, 15) is 5.11 Å². The van der Waals surface area contributed by atoms with Gasteiger partial charge in [-0.1, -0.05) is 6.07 Å². The van der Waals surface area contributed by atoms with Crippen LogP contribution in [-0.2, 0) is 11.3 Å². The van der Waals surface area contributed by atoms with Gasteiger partial charge in [-0.05, 0) is 23.1 Å². The lowest BCUT2D eigenvalue weighted by molar-refractivity contribution is 0.141. The molecule has 14 heavy (non-hydrogen) atoms. The van der Waals surface area contributed by atoms with Crippen LogP contribution in [0.2, 0.25) is 0 Å². The fraction of sp³-hybridized carbons (Fsp3) is 0.200. The molecule has 0 fully saturated rings. The summed E-state index contributed by atoms with van der Waals surface area (Å²) < 4.78 is 1.10. The molecule has 0 saturated carbocycles. The molecule has 0 bridgehead atoms. The fourth-order valence-electron chi connectivity index (χ4n) is 1.44. The summed E-state index contributed by atoms with van der Waals surface area (Å²) in [7, 11) is 0. The van der Waals surface area contributed by atoms with Crippen molar-refractivity contribution in [1.82, 2.24) is 0 Å². The highest BCUT2D eigenvalue weighted by molar-refractivity contribution is 7.17. The van der Waals surface area contributed by atoms with Crippen molar-refractivity contribution in [2.45, 2.75) is 6.42 Å². The summed E-state index contributed by atoms with van der Waals surface area (Å²) in [6.45, 7) is 0.420. The van der Waals surface area contributed by atoms with Gasteiger partial charge in [0.25, 0.3) is 0 Å². The van der Waals surface area contributed by atoms with Gasteiger partial charge in [0.1, 0.15) is 5.75 Å². The van der Waals surface area contributed by atoms with Gasteiger partial charge in [-0.25, -0.2) is 5.90 Å². The molecular formula is C10H11NO2S. The van der Waals surface area contributed by atoms with Crippen molar-refractivity contribution in [2.24, 2.45) is 5.90 Å². The van der Waals surface area contributed by atoms with E-state index in [0.29, 0.717) is 18.8 Å². The van der Waals surface area contributed by atoms with Crippen LogP contribution >= 0.6 is 11.3 Å². The number of benzene rings is 1. The van der Waals surface area contributed by atoms with E-state index in [0.717, 1.165) is 15.6 Å². The number of thiophene rings is 1. The highest BCUT2D eigenvalue weighted by atomic mass is 32.1. The van der Waals surface area contributed by atoms with E-state index in [4.69, 9.17) is 5.90 Å². The molecule has 0 aliphatic carbocycles. The standard InChI is InChI=1S/C10H11NO2S/c11-13-5-3-7-1-2-9-8(10(7)12)4-6-14-9/h1-2,4,6,12H,3,5,11H2. The lowest BCUT2D eigenvalue weighted by Crippen LogP contribution is -2.03. The summed E-state index contributed by atoms with van der Waals surface area (Å²) in [6, 6.07) is 5.83. The summed E-state index contributed by atoms with van der Waals surface area (Å²) in [5.41, 5.74) is 0.876. The monoisotopic (exact) mass is 209 g/mol. The molecule has 2 rings (SSSR count). The number of phenols is 1. The van der Waals surface area contributed by atoms with Crippen LogP contribution in [0, 0.1) is 0 Å². The van der Waals surface area contributed by atoms with Gasteiger partial charge in [-0.2, -0.15) is 0 Å². The topological polar surface area (TPSA) is 55.5 Å². The molecule has 3 N–H and O–H groups in total. The van der Waals surface area contributed by atoms with Crippen molar-refractivity contribution in [3.63, 3.8) is 0 Å². The van der Waals surface area contributed by atoms with Gasteiger partial charge in [0.15, 0.2) is 0 Å². The van der Waals surface area contributed by atoms with Crippen LogP contribution < -0.4 is 5.90 Å². The largest absolute Gasteiger partial charge is 0.507 e. The average molecular weight is 209 g/mol. The average Bonchev–Trinajstić information content (AvgIpc) is 2.66. The van der Waals surface area contributed by atoms with Gasteiger partial charge in [0.2, 0.25) is 0 Å². The molecule has 4 heteroatoms. The first-order valence-corrected chi connectivity index (χ1v) is 5.20. The van der Waals surface area contributed by atoms with Crippen molar-refractivity contribution in [3.05, 3.63) is 29.1 Å². The summed E-state index contributed by atoms with van der Waals surface area (Å²) in [5, 5.41) is 12.7. The first-order chi connectivity index (χ1) is 6.83. The number of rotatable bonds is 3. The Labute approximate surface area is 85.7 Å². The first kappa shape index (κ1) is 9.45. The number of phenolic OH excluding ortho intramolecular Hbond substituents is 1. The van der Waals surface area contributed by atoms with E-state index in [1.165, 1.54) is 0 Å². The molecular weight excluding hydrogens is 198 g/mol. The number of hydrogen-bond donors (Lipinski definition) is 2. The smallest absolute Gasteiger partial charge is 0.127 e. The highest BCUT2D eigenvalue weighted by Crippen LogP contribution is 2.32. The third kappa shape index (κ3) is 1.59. The zero-order valence-corrected chi connectivity index (χ0v) is 8.38. The van der Waals surface area contributed by atoms with Crippen LogP contribution in [0.25, 0.3) is 10.1 Å². The predicted molar refractivity (Wildman–Crippen MR) is 57.3 cm³/mol. The molecule has 0 atom stereocenters. The second-order valence-corrected chi connectivity index (χ2v) is 3.97. The van der Waals surface area contributed by atoms with Crippen molar-refractivity contribution >= 4 is 21.4 Å². The van der Waals surface area contributed by atoms with E-state index in [1.54, 1.807) is 11.3 Å². The molecule has 0 aliphatic heterocycles. The lowest BCUT2D eigenvalue weighted by atomic mass is 10.1. The number of fused-ring (bicyclic) bond motifs is 1. The molecule has 0 unspecified atom stereocenters. The van der Waals surface area contributed by atoms with Gasteiger partial charge in [0, 0.05) is 16.5 Å². The van der Waals surface area contributed by atoms with E-state index in [1.807, 2.05) is 23.6 Å². The Balaban J connectivity index is 2.40. The summed E-state index contributed by atoms with van der Waals surface area (Å²) in [5.74, 6) is 5.29. The van der Waals surface area contributed by atoms with Gasteiger partial charge in [-0.15, -0.1) is 11.3 Å². The van der Waals surface area contributed by atoms with Gasteiger partial charge in [-0.3, -0.25) is 0 Å². The fourth-order valence-corrected chi connectivity index (χ4v) is 2.23. The second-order valence-electron chi connectivity index (χ2n) is 3.03. The summed E-state index contributed by atoms with van der Waals surface area (Å²) >= 11 is 1.62. The van der Waals surface area contributed by atoms with Crippen LogP contribution in [0.4, 0.5) is 0 Å². The third-order valence-corrected chi connectivity index (χ3v) is 3.06. The molecule has 1 heterocycles. The number of hydrogen-bond acceptors (Lipinski definition) is 4. The number of aromatic hydroxyl groups is 1. The zero-order chi connectivity index (χ0) is 9.97. The van der Waals surface area contributed by atoms with Crippen molar-refractivity contribution < 1.29 is 9.94 Å². The molecule has 1 aromatic heterocycles. The maximum atomic E-state index is 9.88. The Morgan fingerprint density at radius 2 is 2.21 bits per heavy atom. The quantitative estimate of drug-likeness (QED) is 0.760. The first-order valence-electron chi connectivity index (χ1n) is 4.32. The molecule has 0 spiro atoms. The van der Waals surface area contributed by atoms with Gasteiger partial charge >= 0.3 is 0 Å². The third-order valence-electron chi connectivity index (χ3n) is 2.18. The van der Waals surface area contributed by atoms with Crippen molar-refractivity contribution in [2.75, 3.05) is 6.61 Å². The molecule has 0 aliphatic rings. The SMILES string of the molecule is NOCCc1ccc2sccc2c1O. The molecule has 0 radical (unpaired) electrons. The Morgan fingerprint density at radius 3 is 3.00 bits per heavy atom. The molecule has 1 aromatic carbocycles. The van der Waals surface area contributed by atoms with Gasteiger partial charge < -0.3 is 9.94 Å². The highest BCUT2D eigenvalue weighted by Gasteiger charge is 2.06. The molecule has 2 aromatic rings. The van der Waals surface area contributed by atoms with Crippen LogP contribution in [-0.4, -0.2) is 11.7 Å². The van der Waals surface area contributed by atoms with Crippen LogP contribution in [0.3, 0.4) is 0 Å². The maximum absolute atomic E-state index is 9.88. The molecule has 0 amide bonds. The molecule has 74 valence electrons. The van der Waals surface area contributed by atoms with E-state index in [2.05, 4.69) is 4.84 Å². The molecule has 0 saturated heterocycles. The van der Waals surface area contributed by atoms with Crippen LogP contribution in [0.5, 0.6) is 5.75 Å². The number of nitrogens with two attached hydrogens (primary N) is 1. The Morgan fingerprint density at radius 1 is 1.36 bits per heavy atom. The second kappa shape index (κ2) is 3.96. The maximum Gasteiger partial charge on any atom is 0.127 e. The predicted octanol–water partition coefficient (Wildman–Crippen LogP) is 2.04. The lowest BCUT2D eigenvalue weighted by Gasteiger charge is -2.04. The molecule has 3 nitrogen and oxygen atoms in total. The van der Waals surface area contributed by atoms with E-state index >= 15 is 0 Å². The Bertz CT molecular complexity index is 439. The minimum atomic E-state index is 0.348. The van der Waals surface area contributed by atoms with Crippen molar-refractivity contribution in [1.29, 1.82) is 0 Å². The van der Waals surface area contributed by atoms with Crippen LogP contribution in [0.1, 0.15) is 5.56 Å².